The fourth-order valence-corrected chi connectivity index (χ4v) is 4.74. The largest absolute Gasteiger partial charge is 0.450 e. The number of ether oxygens (including phenoxy) is 1. The SMILES string of the molecule is C=CC1=C(C(=O)OCS)N2C(=O)C(NC(=O)/C(=N\O)c3csc(N)n3)C2SC1. The number of carbonyl (C=O) groups excluding carboxylic acids is 3. The molecule has 1 aromatic heterocycles. The van der Waals surface area contributed by atoms with Crippen molar-refractivity contribution >= 4 is 64.4 Å². The molecule has 1 fully saturated rings. The Kier molecular flexibility index (Phi) is 5.96. The van der Waals surface area contributed by atoms with Crippen LogP contribution in [0.15, 0.2) is 34.5 Å². The maximum atomic E-state index is 12.6. The lowest BCUT2D eigenvalue weighted by atomic mass is 10.0. The Morgan fingerprint density at radius 3 is 2.93 bits per heavy atom. The molecule has 0 saturated carbocycles. The van der Waals surface area contributed by atoms with E-state index in [9.17, 15) is 14.4 Å². The summed E-state index contributed by atoms with van der Waals surface area (Å²) in [5, 5.41) is 15.8. The van der Waals surface area contributed by atoms with Crippen molar-refractivity contribution < 1.29 is 24.3 Å². The zero-order chi connectivity index (χ0) is 20.4. The van der Waals surface area contributed by atoms with E-state index in [1.54, 1.807) is 0 Å². The van der Waals surface area contributed by atoms with E-state index in [0.29, 0.717) is 11.3 Å². The van der Waals surface area contributed by atoms with E-state index >= 15 is 0 Å². The van der Waals surface area contributed by atoms with Crippen LogP contribution < -0.4 is 11.1 Å². The van der Waals surface area contributed by atoms with Gasteiger partial charge in [0.05, 0.1) is 0 Å². The fourth-order valence-electron chi connectivity index (χ4n) is 2.73. The lowest BCUT2D eigenvalue weighted by Gasteiger charge is -2.49. The normalized spacial score (nSPS) is 21.7. The number of nitrogens with two attached hydrogens (primary N) is 1. The van der Waals surface area contributed by atoms with E-state index in [2.05, 4.69) is 34.7 Å². The number of nitrogen functional groups attached to an aromatic ring is 1. The molecule has 0 bridgehead atoms. The third kappa shape index (κ3) is 3.47. The summed E-state index contributed by atoms with van der Waals surface area (Å²) in [6, 6.07) is -0.907. The molecule has 13 heteroatoms. The van der Waals surface area contributed by atoms with Crippen molar-refractivity contribution in [1.29, 1.82) is 0 Å². The van der Waals surface area contributed by atoms with Crippen LogP contribution in [0.25, 0.3) is 0 Å². The molecule has 1 saturated heterocycles. The number of nitrogens with one attached hydrogen (secondary N) is 1. The smallest absolute Gasteiger partial charge is 0.356 e. The number of hydrogen-bond acceptors (Lipinski definition) is 11. The number of esters is 1. The molecule has 28 heavy (non-hydrogen) atoms. The average Bonchev–Trinajstić information content (AvgIpc) is 3.11. The van der Waals surface area contributed by atoms with Crippen LogP contribution >= 0.6 is 35.7 Å². The Labute approximate surface area is 172 Å². The topological polar surface area (TPSA) is 147 Å². The first-order valence-corrected chi connectivity index (χ1v) is 10.3. The van der Waals surface area contributed by atoms with Crippen molar-refractivity contribution in [3.63, 3.8) is 0 Å². The highest BCUT2D eigenvalue weighted by atomic mass is 32.2. The number of oxime groups is 1. The van der Waals surface area contributed by atoms with Crippen LogP contribution in [0.1, 0.15) is 5.69 Å². The molecule has 2 aliphatic rings. The number of allylic oxidation sites excluding steroid dienone is 1. The van der Waals surface area contributed by atoms with Gasteiger partial charge in [-0.1, -0.05) is 17.8 Å². The van der Waals surface area contributed by atoms with Gasteiger partial charge in [-0.2, -0.15) is 0 Å². The van der Waals surface area contributed by atoms with Crippen LogP contribution in [-0.2, 0) is 19.1 Å². The number of rotatable bonds is 6. The van der Waals surface area contributed by atoms with Crippen LogP contribution in [0, 0.1) is 0 Å². The highest BCUT2D eigenvalue weighted by molar-refractivity contribution is 8.00. The number of anilines is 1. The fraction of sp³-hybridized carbons (Fsp3) is 0.267. The number of thioether (sulfide) groups is 1. The molecule has 10 nitrogen and oxygen atoms in total. The molecule has 2 unspecified atom stereocenters. The van der Waals surface area contributed by atoms with Gasteiger partial charge < -0.3 is 21.0 Å². The monoisotopic (exact) mass is 441 g/mol. The Hall–Kier alpha value is -2.51. The second kappa shape index (κ2) is 8.24. The van der Waals surface area contributed by atoms with Gasteiger partial charge >= 0.3 is 5.97 Å². The summed E-state index contributed by atoms with van der Waals surface area (Å²) in [5.41, 5.74) is 5.90. The van der Waals surface area contributed by atoms with Gasteiger partial charge in [-0.05, 0) is 5.57 Å². The van der Waals surface area contributed by atoms with E-state index in [-0.39, 0.29) is 28.2 Å². The van der Waals surface area contributed by atoms with Crippen molar-refractivity contribution in [1.82, 2.24) is 15.2 Å². The number of aromatic nitrogens is 1. The third-order valence-corrected chi connectivity index (χ3v) is 6.10. The minimum absolute atomic E-state index is 0.0895. The predicted molar refractivity (Wildman–Crippen MR) is 107 cm³/mol. The van der Waals surface area contributed by atoms with Gasteiger partial charge in [-0.15, -0.1) is 35.7 Å². The zero-order valence-electron chi connectivity index (χ0n) is 14.2. The zero-order valence-corrected chi connectivity index (χ0v) is 16.7. The summed E-state index contributed by atoms with van der Waals surface area (Å²) in [6.07, 6.45) is 1.49. The van der Waals surface area contributed by atoms with Crippen molar-refractivity contribution in [2.45, 2.75) is 11.4 Å². The lowest BCUT2D eigenvalue weighted by molar-refractivity contribution is -0.151. The standard InChI is InChI=1S/C15H15N5O5S3/c1-2-6-3-27-13-9(12(22)20(13)10(6)14(23)25-5-26)18-11(21)8(19-24)7-4-28-15(16)17-7/h2,4,9,13,24,26H,1,3,5H2,(H2,16,17)(H,18,21)/b19-8-. The lowest BCUT2D eigenvalue weighted by Crippen LogP contribution is -2.71. The molecular formula is C15H15N5O5S3. The molecule has 0 aromatic carbocycles. The second-order valence-electron chi connectivity index (χ2n) is 5.52. The summed E-state index contributed by atoms with van der Waals surface area (Å²) in [7, 11) is 0. The molecule has 3 heterocycles. The van der Waals surface area contributed by atoms with Gasteiger partial charge in [-0.25, -0.2) is 9.78 Å². The summed E-state index contributed by atoms with van der Waals surface area (Å²) in [4.78, 5) is 42.5. The van der Waals surface area contributed by atoms with Gasteiger partial charge in [0.2, 0.25) is 0 Å². The number of amides is 2. The molecule has 148 valence electrons. The minimum atomic E-state index is -0.907. The highest BCUT2D eigenvalue weighted by Crippen LogP contribution is 2.40. The summed E-state index contributed by atoms with van der Waals surface area (Å²) < 4.78 is 4.90. The second-order valence-corrected chi connectivity index (χ2v) is 7.77. The van der Waals surface area contributed by atoms with Gasteiger partial charge in [0.15, 0.2) is 10.8 Å². The van der Waals surface area contributed by atoms with E-state index in [4.69, 9.17) is 15.7 Å². The highest BCUT2D eigenvalue weighted by Gasteiger charge is 2.54. The van der Waals surface area contributed by atoms with Crippen LogP contribution in [0.2, 0.25) is 0 Å². The van der Waals surface area contributed by atoms with Crippen molar-refractivity contribution in [2.24, 2.45) is 5.16 Å². The number of β-lactam (4-membered cyclic amide) rings is 1. The van der Waals surface area contributed by atoms with Crippen LogP contribution in [0.3, 0.4) is 0 Å². The van der Waals surface area contributed by atoms with Gasteiger partial charge in [-0.3, -0.25) is 14.5 Å². The number of fused-ring (bicyclic) bond motifs is 1. The van der Waals surface area contributed by atoms with E-state index < -0.39 is 29.2 Å². The number of thiazole rings is 1. The first kappa shape index (κ1) is 20.2. The maximum Gasteiger partial charge on any atom is 0.356 e. The molecule has 2 amide bonds. The van der Waals surface area contributed by atoms with Gasteiger partial charge in [0, 0.05) is 11.1 Å². The molecule has 0 aliphatic carbocycles. The number of carbonyl (C=O) groups is 3. The average molecular weight is 442 g/mol. The first-order valence-electron chi connectivity index (χ1n) is 7.75. The molecule has 0 spiro atoms. The molecule has 3 rings (SSSR count). The molecule has 4 N–H and O–H groups in total. The summed E-state index contributed by atoms with van der Waals surface area (Å²) in [6.45, 7) is 3.66. The number of thiol groups is 1. The van der Waals surface area contributed by atoms with Gasteiger partial charge in [0.1, 0.15) is 28.7 Å². The summed E-state index contributed by atoms with van der Waals surface area (Å²) >= 11 is 6.29. The maximum absolute atomic E-state index is 12.6. The predicted octanol–water partition coefficient (Wildman–Crippen LogP) is 0.174. The van der Waals surface area contributed by atoms with Crippen molar-refractivity contribution in [3.8, 4) is 0 Å². The van der Waals surface area contributed by atoms with Crippen LogP contribution in [0.4, 0.5) is 5.13 Å². The molecule has 2 aliphatic heterocycles. The molecule has 1 aromatic rings. The van der Waals surface area contributed by atoms with E-state index in [1.807, 2.05) is 0 Å². The van der Waals surface area contributed by atoms with E-state index in [1.165, 1.54) is 28.1 Å². The minimum Gasteiger partial charge on any atom is -0.450 e. The molecule has 0 radical (unpaired) electrons. The number of hydrogen-bond donors (Lipinski definition) is 4. The third-order valence-electron chi connectivity index (χ3n) is 4.00. The molecule has 2 atom stereocenters. The Morgan fingerprint density at radius 1 is 1.61 bits per heavy atom. The molecular weight excluding hydrogens is 426 g/mol. The van der Waals surface area contributed by atoms with Crippen LogP contribution in [-0.4, -0.2) is 61.7 Å². The number of nitrogens with zero attached hydrogens (tertiary/aromatic N) is 3. The van der Waals surface area contributed by atoms with Crippen molar-refractivity contribution in [2.75, 3.05) is 17.4 Å². The Bertz CT molecular complexity index is 912. The van der Waals surface area contributed by atoms with E-state index in [0.717, 1.165) is 11.3 Å². The van der Waals surface area contributed by atoms with Crippen LogP contribution in [0.5, 0.6) is 0 Å². The van der Waals surface area contributed by atoms with Crippen molar-refractivity contribution in [3.05, 3.63) is 35.0 Å². The quantitative estimate of drug-likeness (QED) is 0.0929. The Balaban J connectivity index is 1.78. The summed E-state index contributed by atoms with van der Waals surface area (Å²) in [5.74, 6) is -1.70. The Morgan fingerprint density at radius 2 is 2.36 bits per heavy atom. The van der Waals surface area contributed by atoms with Gasteiger partial charge in [0.25, 0.3) is 11.8 Å². The first-order chi connectivity index (χ1) is 13.4.